The Hall–Kier alpha value is -2.01. The monoisotopic (exact) mass is 327 g/mol. The molecule has 0 bridgehead atoms. The van der Waals surface area contributed by atoms with Crippen molar-refractivity contribution in [1.29, 1.82) is 0 Å². The van der Waals surface area contributed by atoms with Gasteiger partial charge in [-0.2, -0.15) is 0 Å². The van der Waals surface area contributed by atoms with Gasteiger partial charge in [0, 0.05) is 18.7 Å². The molecule has 0 amide bonds. The van der Waals surface area contributed by atoms with E-state index in [1.165, 1.54) is 37.4 Å². The molecular weight excluding hydrogens is 305 g/mol. The summed E-state index contributed by atoms with van der Waals surface area (Å²) in [5, 5.41) is 0. The van der Waals surface area contributed by atoms with Gasteiger partial charge in [-0.15, -0.1) is 0 Å². The number of ether oxygens (including phenoxy) is 1. The van der Waals surface area contributed by atoms with Gasteiger partial charge in [-0.1, -0.05) is 37.1 Å². The van der Waals surface area contributed by atoms with E-state index in [-0.39, 0.29) is 5.82 Å². The minimum absolute atomic E-state index is 0.372. The summed E-state index contributed by atoms with van der Waals surface area (Å²) in [5.74, 6) is 1.28. The van der Waals surface area contributed by atoms with Crippen LogP contribution in [0.1, 0.15) is 37.2 Å². The van der Waals surface area contributed by atoms with Crippen LogP contribution in [0.2, 0.25) is 0 Å². The summed E-state index contributed by atoms with van der Waals surface area (Å²) >= 11 is 0. The third-order valence-electron chi connectivity index (χ3n) is 5.03. The van der Waals surface area contributed by atoms with Crippen LogP contribution in [-0.4, -0.2) is 36.3 Å². The number of nitrogens with zero attached hydrogens (tertiary/aromatic N) is 3. The fourth-order valence-electron chi connectivity index (χ4n) is 3.66. The quantitative estimate of drug-likeness (QED) is 0.860. The maximum Gasteiger partial charge on any atom is 0.183 e. The van der Waals surface area contributed by atoms with E-state index in [0.717, 1.165) is 5.56 Å². The largest absolute Gasteiger partial charge is 0.378 e. The van der Waals surface area contributed by atoms with E-state index in [4.69, 9.17) is 4.74 Å². The van der Waals surface area contributed by atoms with Crippen LogP contribution in [0.15, 0.2) is 30.5 Å². The van der Waals surface area contributed by atoms with Gasteiger partial charge in [0.15, 0.2) is 17.5 Å². The van der Waals surface area contributed by atoms with Crippen LogP contribution in [0.3, 0.4) is 0 Å². The zero-order chi connectivity index (χ0) is 16.4. The van der Waals surface area contributed by atoms with Crippen LogP contribution < -0.4 is 4.90 Å². The van der Waals surface area contributed by atoms with Crippen molar-refractivity contribution in [3.05, 3.63) is 41.8 Å². The SMILES string of the molecule is Fc1cnc(-c2ccc(C3CCCC3)cc2)nc1N1CCOCC1. The van der Waals surface area contributed by atoms with Crippen molar-refractivity contribution in [2.24, 2.45) is 0 Å². The molecule has 1 aromatic carbocycles. The van der Waals surface area contributed by atoms with Crippen LogP contribution in [0.25, 0.3) is 11.4 Å². The van der Waals surface area contributed by atoms with Gasteiger partial charge < -0.3 is 9.64 Å². The summed E-state index contributed by atoms with van der Waals surface area (Å²) in [7, 11) is 0. The summed E-state index contributed by atoms with van der Waals surface area (Å²) in [4.78, 5) is 10.6. The van der Waals surface area contributed by atoms with Crippen molar-refractivity contribution in [3.63, 3.8) is 0 Å². The molecule has 0 N–H and O–H groups in total. The average molecular weight is 327 g/mol. The first-order chi connectivity index (χ1) is 11.8. The molecular formula is C19H22FN3O. The lowest BCUT2D eigenvalue weighted by Crippen LogP contribution is -2.37. The molecule has 1 aliphatic heterocycles. The minimum atomic E-state index is -0.372. The lowest BCUT2D eigenvalue weighted by atomic mass is 9.96. The van der Waals surface area contributed by atoms with Crippen LogP contribution in [0.5, 0.6) is 0 Å². The van der Waals surface area contributed by atoms with Crippen molar-refractivity contribution in [3.8, 4) is 11.4 Å². The van der Waals surface area contributed by atoms with E-state index in [0.29, 0.717) is 43.9 Å². The van der Waals surface area contributed by atoms with Crippen molar-refractivity contribution in [2.45, 2.75) is 31.6 Å². The molecule has 1 aliphatic carbocycles. The van der Waals surface area contributed by atoms with E-state index in [1.54, 1.807) is 0 Å². The van der Waals surface area contributed by atoms with E-state index < -0.39 is 0 Å². The normalized spacial score (nSPS) is 19.0. The Bertz CT molecular complexity index is 692. The standard InChI is InChI=1S/C19H22FN3O/c20-17-13-21-18(22-19(17)23-9-11-24-12-10-23)16-7-5-15(6-8-16)14-3-1-2-4-14/h5-8,13-14H,1-4,9-12H2. The molecule has 0 atom stereocenters. The molecule has 4 rings (SSSR count). The number of anilines is 1. The summed E-state index contributed by atoms with van der Waals surface area (Å²) < 4.78 is 19.5. The Labute approximate surface area is 141 Å². The molecule has 4 nitrogen and oxygen atoms in total. The fraction of sp³-hybridized carbons (Fsp3) is 0.474. The van der Waals surface area contributed by atoms with Crippen molar-refractivity contribution < 1.29 is 9.13 Å². The number of halogens is 1. The summed E-state index contributed by atoms with van der Waals surface area (Å²) in [5.41, 5.74) is 2.33. The number of rotatable bonds is 3. The second-order valence-electron chi connectivity index (χ2n) is 6.57. The number of morpholine rings is 1. The molecule has 0 spiro atoms. The highest BCUT2D eigenvalue weighted by Gasteiger charge is 2.19. The van der Waals surface area contributed by atoms with Crippen LogP contribution in [0, 0.1) is 5.82 Å². The Kier molecular flexibility index (Phi) is 4.43. The van der Waals surface area contributed by atoms with Gasteiger partial charge in [-0.05, 0) is 24.3 Å². The van der Waals surface area contributed by atoms with Crippen molar-refractivity contribution in [1.82, 2.24) is 9.97 Å². The third kappa shape index (κ3) is 3.13. The molecule has 1 saturated carbocycles. The third-order valence-corrected chi connectivity index (χ3v) is 5.03. The van der Waals surface area contributed by atoms with E-state index >= 15 is 0 Å². The second-order valence-corrected chi connectivity index (χ2v) is 6.57. The molecule has 2 heterocycles. The van der Waals surface area contributed by atoms with Gasteiger partial charge in [-0.25, -0.2) is 14.4 Å². The van der Waals surface area contributed by atoms with E-state index in [1.807, 2.05) is 4.90 Å². The Balaban J connectivity index is 1.59. The first kappa shape index (κ1) is 15.5. The van der Waals surface area contributed by atoms with Crippen molar-refractivity contribution >= 4 is 5.82 Å². The minimum Gasteiger partial charge on any atom is -0.378 e. The lowest BCUT2D eigenvalue weighted by Gasteiger charge is -2.28. The molecule has 2 aliphatic rings. The number of hydrogen-bond acceptors (Lipinski definition) is 4. The molecule has 1 aromatic heterocycles. The molecule has 0 radical (unpaired) electrons. The summed E-state index contributed by atoms with van der Waals surface area (Å²) in [6.07, 6.45) is 6.51. The maximum absolute atomic E-state index is 14.1. The van der Waals surface area contributed by atoms with Gasteiger partial charge in [0.1, 0.15) is 0 Å². The molecule has 24 heavy (non-hydrogen) atoms. The van der Waals surface area contributed by atoms with Crippen LogP contribution >= 0.6 is 0 Å². The van der Waals surface area contributed by atoms with E-state index in [9.17, 15) is 4.39 Å². The Morgan fingerprint density at radius 2 is 1.75 bits per heavy atom. The number of benzene rings is 1. The second kappa shape index (κ2) is 6.85. The Morgan fingerprint density at radius 1 is 1.04 bits per heavy atom. The van der Waals surface area contributed by atoms with Gasteiger partial charge in [0.25, 0.3) is 0 Å². The smallest absolute Gasteiger partial charge is 0.183 e. The van der Waals surface area contributed by atoms with Gasteiger partial charge in [0.05, 0.1) is 19.4 Å². The highest BCUT2D eigenvalue weighted by atomic mass is 19.1. The maximum atomic E-state index is 14.1. The molecule has 5 heteroatoms. The molecule has 2 aromatic rings. The number of aromatic nitrogens is 2. The predicted octanol–water partition coefficient (Wildman–Crippen LogP) is 3.78. The van der Waals surface area contributed by atoms with E-state index in [2.05, 4.69) is 34.2 Å². The summed E-state index contributed by atoms with van der Waals surface area (Å²) in [6, 6.07) is 8.47. The molecule has 0 unspecified atom stereocenters. The van der Waals surface area contributed by atoms with Crippen LogP contribution in [-0.2, 0) is 4.74 Å². The zero-order valence-corrected chi connectivity index (χ0v) is 13.7. The fourth-order valence-corrected chi connectivity index (χ4v) is 3.66. The van der Waals surface area contributed by atoms with Gasteiger partial charge in [0.2, 0.25) is 0 Å². The highest BCUT2D eigenvalue weighted by Crippen LogP contribution is 2.34. The molecule has 1 saturated heterocycles. The predicted molar refractivity (Wildman–Crippen MR) is 91.7 cm³/mol. The van der Waals surface area contributed by atoms with Crippen molar-refractivity contribution in [2.75, 3.05) is 31.2 Å². The van der Waals surface area contributed by atoms with Gasteiger partial charge >= 0.3 is 0 Å². The Morgan fingerprint density at radius 3 is 2.46 bits per heavy atom. The lowest BCUT2D eigenvalue weighted by molar-refractivity contribution is 0.122. The molecule has 126 valence electrons. The number of hydrogen-bond donors (Lipinski definition) is 0. The zero-order valence-electron chi connectivity index (χ0n) is 13.7. The highest BCUT2D eigenvalue weighted by molar-refractivity contribution is 5.58. The summed E-state index contributed by atoms with van der Waals surface area (Å²) in [6.45, 7) is 2.53. The average Bonchev–Trinajstić information content (AvgIpc) is 3.18. The first-order valence-corrected chi connectivity index (χ1v) is 8.77. The van der Waals surface area contributed by atoms with Crippen LogP contribution in [0.4, 0.5) is 10.2 Å². The topological polar surface area (TPSA) is 38.2 Å². The van der Waals surface area contributed by atoms with Gasteiger partial charge in [-0.3, -0.25) is 0 Å². The first-order valence-electron chi connectivity index (χ1n) is 8.77. The molecule has 2 fully saturated rings.